The van der Waals surface area contributed by atoms with Gasteiger partial charge in [-0.25, -0.2) is 9.82 Å². The monoisotopic (exact) mass is 326 g/mol. The third-order valence-corrected chi connectivity index (χ3v) is 3.81. The van der Waals surface area contributed by atoms with Crippen molar-refractivity contribution in [2.45, 2.75) is 6.92 Å². The Morgan fingerprint density at radius 3 is 2.81 bits per heavy atom. The highest BCUT2D eigenvalue weighted by molar-refractivity contribution is 7.18. The number of hydrogen-bond donors (Lipinski definition) is 1. The number of para-hydroxylation sites is 1. The van der Waals surface area contributed by atoms with Gasteiger partial charge in [0.2, 0.25) is 0 Å². The molecule has 7 heteroatoms. The van der Waals surface area contributed by atoms with Crippen molar-refractivity contribution in [2.75, 3.05) is 6.61 Å². The van der Waals surface area contributed by atoms with Crippen molar-refractivity contribution in [3.63, 3.8) is 0 Å². The quantitative estimate of drug-likeness (QED) is 0.675. The average Bonchev–Trinajstić information content (AvgIpc) is 2.90. The lowest BCUT2D eigenvalue weighted by atomic mass is 10.3. The highest BCUT2D eigenvalue weighted by atomic mass is 35.5. The summed E-state index contributed by atoms with van der Waals surface area (Å²) in [5.74, 6) is -0.961. The molecule has 0 atom stereocenters. The Morgan fingerprint density at radius 1 is 1.38 bits per heavy atom. The van der Waals surface area contributed by atoms with Crippen molar-refractivity contribution in [1.82, 2.24) is 5.43 Å². The summed E-state index contributed by atoms with van der Waals surface area (Å²) in [7, 11) is 0. The van der Waals surface area contributed by atoms with Gasteiger partial charge in [0, 0.05) is 0 Å². The maximum Gasteiger partial charge on any atom is 0.277 e. The normalized spacial score (nSPS) is 11.3. The van der Waals surface area contributed by atoms with E-state index in [9.17, 15) is 9.18 Å². The molecule has 0 radical (unpaired) electrons. The summed E-state index contributed by atoms with van der Waals surface area (Å²) < 4.78 is 19.0. The molecule has 0 saturated heterocycles. The number of hydrazone groups is 1. The molecule has 0 spiro atoms. The fourth-order valence-electron chi connectivity index (χ4n) is 1.45. The number of rotatable bonds is 5. The van der Waals surface area contributed by atoms with Crippen molar-refractivity contribution >= 4 is 34.6 Å². The summed E-state index contributed by atoms with van der Waals surface area (Å²) in [6.45, 7) is 1.43. The van der Waals surface area contributed by atoms with Crippen molar-refractivity contribution in [1.29, 1.82) is 0 Å². The molecule has 0 saturated carbocycles. The molecule has 0 unspecified atom stereocenters. The second-order valence-electron chi connectivity index (χ2n) is 4.06. The lowest BCUT2D eigenvalue weighted by molar-refractivity contribution is -0.123. The highest BCUT2D eigenvalue weighted by Crippen LogP contribution is 2.21. The van der Waals surface area contributed by atoms with Gasteiger partial charge in [-0.3, -0.25) is 4.79 Å². The molecule has 0 aliphatic carbocycles. The zero-order valence-electron chi connectivity index (χ0n) is 11.1. The number of carbonyl (C=O) groups is 1. The van der Waals surface area contributed by atoms with Gasteiger partial charge in [0.25, 0.3) is 5.91 Å². The van der Waals surface area contributed by atoms with E-state index in [4.69, 9.17) is 16.3 Å². The number of nitrogens with zero attached hydrogens (tertiary/aromatic N) is 1. The van der Waals surface area contributed by atoms with Gasteiger partial charge >= 0.3 is 0 Å². The molecule has 1 N–H and O–H groups in total. The molecule has 2 rings (SSSR count). The van der Waals surface area contributed by atoms with Crippen LogP contribution in [0.3, 0.4) is 0 Å². The van der Waals surface area contributed by atoms with Crippen LogP contribution in [0.4, 0.5) is 4.39 Å². The molecule has 1 heterocycles. The first-order valence-corrected chi connectivity index (χ1v) is 7.22. The number of ether oxygens (including phenoxy) is 1. The summed E-state index contributed by atoms with van der Waals surface area (Å²) >= 11 is 7.18. The standard InChI is InChI=1S/C14H12ClFN2O2S/c1-9(12-6-7-13(15)21-12)17-18-14(19)8-20-11-5-3-2-4-10(11)16/h2-7H,8H2,1H3,(H,18,19)/b17-9+. The zero-order valence-corrected chi connectivity index (χ0v) is 12.7. The van der Waals surface area contributed by atoms with Crippen molar-refractivity contribution < 1.29 is 13.9 Å². The summed E-state index contributed by atoms with van der Waals surface area (Å²) in [4.78, 5) is 12.4. The van der Waals surface area contributed by atoms with Crippen LogP contribution < -0.4 is 10.2 Å². The van der Waals surface area contributed by atoms with E-state index in [0.717, 1.165) is 4.88 Å². The van der Waals surface area contributed by atoms with E-state index >= 15 is 0 Å². The highest BCUT2D eigenvalue weighted by Gasteiger charge is 2.06. The Balaban J connectivity index is 1.86. The third kappa shape index (κ3) is 4.54. The first-order valence-electron chi connectivity index (χ1n) is 6.02. The molecule has 2 aromatic rings. The predicted molar refractivity (Wildman–Crippen MR) is 81.6 cm³/mol. The van der Waals surface area contributed by atoms with E-state index in [-0.39, 0.29) is 12.4 Å². The Kier molecular flexibility index (Phi) is 5.30. The minimum absolute atomic E-state index is 0.0263. The zero-order chi connectivity index (χ0) is 15.2. The van der Waals surface area contributed by atoms with Crippen LogP contribution in [0.25, 0.3) is 0 Å². The fraction of sp³-hybridized carbons (Fsp3) is 0.143. The Hall–Kier alpha value is -1.92. The lowest BCUT2D eigenvalue weighted by Crippen LogP contribution is -2.25. The van der Waals surface area contributed by atoms with Gasteiger partial charge in [-0.2, -0.15) is 5.10 Å². The van der Waals surface area contributed by atoms with E-state index in [2.05, 4.69) is 10.5 Å². The molecule has 0 bridgehead atoms. The number of halogens is 2. The number of hydrogen-bond acceptors (Lipinski definition) is 4. The maximum atomic E-state index is 13.3. The van der Waals surface area contributed by atoms with Crippen LogP contribution in [0.15, 0.2) is 41.5 Å². The van der Waals surface area contributed by atoms with Crippen LogP contribution >= 0.6 is 22.9 Å². The van der Waals surface area contributed by atoms with Gasteiger partial charge in [0.1, 0.15) is 0 Å². The number of benzene rings is 1. The number of amides is 1. The molecular weight excluding hydrogens is 315 g/mol. The van der Waals surface area contributed by atoms with E-state index in [1.807, 2.05) is 6.07 Å². The predicted octanol–water partition coefficient (Wildman–Crippen LogP) is 3.46. The smallest absolute Gasteiger partial charge is 0.277 e. The second-order valence-corrected chi connectivity index (χ2v) is 5.77. The molecule has 0 fully saturated rings. The largest absolute Gasteiger partial charge is 0.481 e. The van der Waals surface area contributed by atoms with Gasteiger partial charge in [-0.15, -0.1) is 11.3 Å². The molecule has 4 nitrogen and oxygen atoms in total. The summed E-state index contributed by atoms with van der Waals surface area (Å²) in [5, 5.41) is 3.94. The van der Waals surface area contributed by atoms with Crippen LogP contribution in [0, 0.1) is 5.82 Å². The Labute approximate surface area is 130 Å². The maximum absolute atomic E-state index is 13.3. The molecule has 0 aliphatic rings. The number of thiophene rings is 1. The van der Waals surface area contributed by atoms with Crippen molar-refractivity contribution in [3.05, 3.63) is 51.4 Å². The van der Waals surface area contributed by atoms with Gasteiger partial charge in [0.05, 0.1) is 14.9 Å². The van der Waals surface area contributed by atoms with Crippen molar-refractivity contribution in [2.24, 2.45) is 5.10 Å². The van der Waals surface area contributed by atoms with Crippen LogP contribution in [0.5, 0.6) is 5.75 Å². The molecule has 1 aromatic heterocycles. The number of carbonyl (C=O) groups excluding carboxylic acids is 1. The third-order valence-electron chi connectivity index (χ3n) is 2.47. The van der Waals surface area contributed by atoms with Crippen LogP contribution in [0.1, 0.15) is 11.8 Å². The van der Waals surface area contributed by atoms with Gasteiger partial charge < -0.3 is 4.74 Å². The molecule has 0 aliphatic heterocycles. The van der Waals surface area contributed by atoms with E-state index < -0.39 is 11.7 Å². The Morgan fingerprint density at radius 2 is 2.14 bits per heavy atom. The summed E-state index contributed by atoms with van der Waals surface area (Å²) in [5.41, 5.74) is 2.98. The van der Waals surface area contributed by atoms with Crippen LogP contribution in [0.2, 0.25) is 4.34 Å². The molecule has 21 heavy (non-hydrogen) atoms. The lowest BCUT2D eigenvalue weighted by Gasteiger charge is -2.06. The van der Waals surface area contributed by atoms with E-state index in [1.54, 1.807) is 25.1 Å². The second kappa shape index (κ2) is 7.19. The molecular formula is C14H12ClFN2O2S. The number of nitrogens with one attached hydrogen (secondary N) is 1. The minimum Gasteiger partial charge on any atom is -0.481 e. The van der Waals surface area contributed by atoms with E-state index in [1.165, 1.54) is 23.5 Å². The van der Waals surface area contributed by atoms with Gasteiger partial charge in [0.15, 0.2) is 18.2 Å². The van der Waals surface area contributed by atoms with E-state index in [0.29, 0.717) is 10.0 Å². The molecule has 110 valence electrons. The van der Waals surface area contributed by atoms with Gasteiger partial charge in [-0.1, -0.05) is 23.7 Å². The van der Waals surface area contributed by atoms with Gasteiger partial charge in [-0.05, 0) is 31.2 Å². The molecule has 1 aromatic carbocycles. The first-order chi connectivity index (χ1) is 10.1. The summed E-state index contributed by atoms with van der Waals surface area (Å²) in [6.07, 6.45) is 0. The van der Waals surface area contributed by atoms with Crippen molar-refractivity contribution in [3.8, 4) is 5.75 Å². The summed E-state index contributed by atoms with van der Waals surface area (Å²) in [6, 6.07) is 9.44. The minimum atomic E-state index is -0.516. The Bertz CT molecular complexity index is 672. The average molecular weight is 327 g/mol. The fourth-order valence-corrected chi connectivity index (χ4v) is 2.44. The van der Waals surface area contributed by atoms with Crippen LogP contribution in [-0.4, -0.2) is 18.2 Å². The molecule has 1 amide bonds. The first kappa shape index (κ1) is 15.5. The SMILES string of the molecule is C/C(=N\NC(=O)COc1ccccc1F)c1ccc(Cl)s1. The topological polar surface area (TPSA) is 50.7 Å². The van der Waals surface area contributed by atoms with Crippen LogP contribution in [-0.2, 0) is 4.79 Å².